The molecule has 0 aliphatic carbocycles. The Morgan fingerprint density at radius 3 is 2.51 bits per heavy atom. The minimum Gasteiger partial charge on any atom is -0.489 e. The molecule has 1 fully saturated rings. The van der Waals surface area contributed by atoms with Crippen LogP contribution in [0.4, 0.5) is 13.2 Å². The predicted octanol–water partition coefficient (Wildman–Crippen LogP) is 6.60. The van der Waals surface area contributed by atoms with Crippen molar-refractivity contribution in [2.75, 3.05) is 13.1 Å². The highest BCUT2D eigenvalue weighted by atomic mass is 35.5. The van der Waals surface area contributed by atoms with Gasteiger partial charge in [-0.05, 0) is 86.9 Å². The quantitative estimate of drug-likeness (QED) is 0.278. The Bertz CT molecular complexity index is 1370. The molecular formula is C28H31ClF3N3O5S. The van der Waals surface area contributed by atoms with Crippen molar-refractivity contribution in [1.29, 1.82) is 0 Å². The Morgan fingerprint density at radius 2 is 1.93 bits per heavy atom. The van der Waals surface area contributed by atoms with E-state index in [1.807, 2.05) is 38.1 Å². The molecule has 13 heteroatoms. The summed E-state index contributed by atoms with van der Waals surface area (Å²) < 4.78 is 42.1. The van der Waals surface area contributed by atoms with E-state index in [9.17, 15) is 23.1 Å². The smallest absolute Gasteiger partial charge is 0.489 e. The fourth-order valence-electron chi connectivity index (χ4n) is 4.57. The van der Waals surface area contributed by atoms with Crippen LogP contribution in [0.3, 0.4) is 0 Å². The second kappa shape index (κ2) is 14.1. The van der Waals surface area contributed by atoms with E-state index in [1.54, 1.807) is 0 Å². The fraction of sp³-hybridized carbons (Fsp3) is 0.429. The van der Waals surface area contributed by atoms with Crippen LogP contribution in [-0.2, 0) is 22.4 Å². The SMILES string of the molecule is CCc1c(CCN2CCC[C@H]2C(=O)O)cccc1-c1nsc(-c2ccc(OC(C)C)c(Cl)c2)n1.O=C(O)C(F)(F)F. The van der Waals surface area contributed by atoms with Crippen molar-refractivity contribution < 1.29 is 37.7 Å². The summed E-state index contributed by atoms with van der Waals surface area (Å²) in [5, 5.41) is 18.0. The summed E-state index contributed by atoms with van der Waals surface area (Å²) >= 11 is 7.78. The zero-order valence-corrected chi connectivity index (χ0v) is 24.3. The first-order valence-corrected chi connectivity index (χ1v) is 14.1. The number of benzene rings is 2. The normalized spacial score (nSPS) is 15.5. The molecule has 1 aliphatic rings. The highest BCUT2D eigenvalue weighted by Crippen LogP contribution is 2.34. The average Bonchev–Trinajstić information content (AvgIpc) is 3.58. The molecule has 8 nitrogen and oxygen atoms in total. The van der Waals surface area contributed by atoms with E-state index in [-0.39, 0.29) is 12.1 Å². The van der Waals surface area contributed by atoms with Crippen LogP contribution >= 0.6 is 23.1 Å². The number of hydrogen-bond acceptors (Lipinski definition) is 7. The van der Waals surface area contributed by atoms with E-state index in [1.165, 1.54) is 22.7 Å². The van der Waals surface area contributed by atoms with E-state index >= 15 is 0 Å². The average molecular weight is 614 g/mol. The Kier molecular flexibility index (Phi) is 11.1. The van der Waals surface area contributed by atoms with Gasteiger partial charge in [0.25, 0.3) is 0 Å². The van der Waals surface area contributed by atoms with Crippen LogP contribution in [0.5, 0.6) is 5.75 Å². The maximum absolute atomic E-state index is 11.5. The molecule has 222 valence electrons. The number of carbonyl (C=O) groups is 2. The molecule has 1 aromatic heterocycles. The molecule has 41 heavy (non-hydrogen) atoms. The van der Waals surface area contributed by atoms with Gasteiger partial charge in [0, 0.05) is 17.7 Å². The topological polar surface area (TPSA) is 113 Å². The van der Waals surface area contributed by atoms with Crippen LogP contribution in [0, 0.1) is 0 Å². The summed E-state index contributed by atoms with van der Waals surface area (Å²) in [5.41, 5.74) is 4.39. The lowest BCUT2D eigenvalue weighted by Gasteiger charge is -2.22. The van der Waals surface area contributed by atoms with Gasteiger partial charge in [0.2, 0.25) is 0 Å². The number of likely N-dealkylation sites (tertiary alicyclic amines) is 1. The third-order valence-corrected chi connectivity index (χ3v) is 7.45. The number of ether oxygens (including phenoxy) is 1. The molecule has 0 radical (unpaired) electrons. The molecule has 1 aliphatic heterocycles. The van der Waals surface area contributed by atoms with Gasteiger partial charge in [0.05, 0.1) is 11.1 Å². The highest BCUT2D eigenvalue weighted by Gasteiger charge is 2.38. The summed E-state index contributed by atoms with van der Waals surface area (Å²) in [6.45, 7) is 7.66. The van der Waals surface area contributed by atoms with Gasteiger partial charge in [-0.3, -0.25) is 9.69 Å². The molecule has 0 amide bonds. The first kappa shape index (κ1) is 32.3. The fourth-order valence-corrected chi connectivity index (χ4v) is 5.46. The summed E-state index contributed by atoms with van der Waals surface area (Å²) in [6.07, 6.45) is -1.69. The highest BCUT2D eigenvalue weighted by molar-refractivity contribution is 7.09. The minimum atomic E-state index is -5.08. The molecule has 2 N–H and O–H groups in total. The maximum Gasteiger partial charge on any atom is 0.490 e. The lowest BCUT2D eigenvalue weighted by Crippen LogP contribution is -2.37. The van der Waals surface area contributed by atoms with E-state index in [0.29, 0.717) is 16.6 Å². The predicted molar refractivity (Wildman–Crippen MR) is 151 cm³/mol. The van der Waals surface area contributed by atoms with Crippen LogP contribution in [-0.4, -0.2) is 67.8 Å². The lowest BCUT2D eigenvalue weighted by atomic mass is 9.96. The largest absolute Gasteiger partial charge is 0.490 e. The van der Waals surface area contributed by atoms with Gasteiger partial charge in [-0.1, -0.05) is 36.7 Å². The second-order valence-electron chi connectivity index (χ2n) is 9.62. The number of alkyl halides is 3. The first-order valence-electron chi connectivity index (χ1n) is 13.0. The van der Waals surface area contributed by atoms with Gasteiger partial charge in [-0.2, -0.15) is 17.5 Å². The Hall–Kier alpha value is -3.22. The Labute approximate surface area is 244 Å². The number of halogens is 4. The number of aliphatic carboxylic acids is 2. The zero-order chi connectivity index (χ0) is 30.3. The van der Waals surface area contributed by atoms with Crippen LogP contribution in [0.25, 0.3) is 22.0 Å². The Balaban J connectivity index is 0.000000587. The summed E-state index contributed by atoms with van der Waals surface area (Å²) in [7, 11) is 0. The van der Waals surface area contributed by atoms with E-state index in [2.05, 4.69) is 28.3 Å². The molecule has 0 bridgehead atoms. The number of nitrogens with zero attached hydrogens (tertiary/aromatic N) is 3. The monoisotopic (exact) mass is 613 g/mol. The van der Waals surface area contributed by atoms with Crippen molar-refractivity contribution in [3.05, 3.63) is 52.5 Å². The zero-order valence-electron chi connectivity index (χ0n) is 22.7. The van der Waals surface area contributed by atoms with E-state index in [4.69, 9.17) is 31.2 Å². The van der Waals surface area contributed by atoms with Crippen molar-refractivity contribution in [2.45, 2.75) is 64.8 Å². The molecule has 1 saturated heterocycles. The molecule has 0 unspecified atom stereocenters. The van der Waals surface area contributed by atoms with Crippen molar-refractivity contribution in [2.24, 2.45) is 0 Å². The third kappa shape index (κ3) is 8.64. The molecule has 1 atom stereocenters. The number of hydrogen-bond donors (Lipinski definition) is 2. The van der Waals surface area contributed by atoms with Gasteiger partial charge in [-0.15, -0.1) is 0 Å². The molecular weight excluding hydrogens is 583 g/mol. The number of carboxylic acids is 2. The molecule has 2 aromatic carbocycles. The van der Waals surface area contributed by atoms with Crippen LogP contribution in [0.1, 0.15) is 44.7 Å². The number of rotatable bonds is 9. The van der Waals surface area contributed by atoms with Crippen LogP contribution in [0.15, 0.2) is 36.4 Å². The minimum absolute atomic E-state index is 0.0525. The Morgan fingerprint density at radius 1 is 1.22 bits per heavy atom. The van der Waals surface area contributed by atoms with Gasteiger partial charge >= 0.3 is 18.1 Å². The maximum atomic E-state index is 11.5. The van der Waals surface area contributed by atoms with Crippen molar-refractivity contribution in [1.82, 2.24) is 14.3 Å². The number of carboxylic acid groups (broad SMARTS) is 2. The van der Waals surface area contributed by atoms with Gasteiger partial charge < -0.3 is 14.9 Å². The standard InChI is InChI=1S/C26H30ClN3O3S.C2HF3O2/c1-4-19-17(12-14-30-13-6-9-22(30)26(31)32)7-5-8-20(19)24-28-25(34-29-24)18-10-11-23(21(27)15-18)33-16(2)3;3-2(4,5)1(6)7/h5,7-8,10-11,15-16,22H,4,6,9,12-14H2,1-3H3,(H,31,32);(H,6,7)/t22-;/m0./s1. The van der Waals surface area contributed by atoms with E-state index < -0.39 is 18.1 Å². The molecule has 4 rings (SSSR count). The second-order valence-corrected chi connectivity index (χ2v) is 10.8. The van der Waals surface area contributed by atoms with Crippen molar-refractivity contribution in [3.8, 4) is 27.7 Å². The van der Waals surface area contributed by atoms with Gasteiger partial charge in [0.15, 0.2) is 5.82 Å². The molecule has 3 aromatic rings. The van der Waals surface area contributed by atoms with Gasteiger partial charge in [-0.25, -0.2) is 9.78 Å². The molecule has 0 spiro atoms. The van der Waals surface area contributed by atoms with Crippen molar-refractivity contribution >= 4 is 35.1 Å². The van der Waals surface area contributed by atoms with Gasteiger partial charge in [0.1, 0.15) is 16.8 Å². The molecule has 2 heterocycles. The summed E-state index contributed by atoms with van der Waals surface area (Å²) in [6, 6.07) is 11.6. The first-order chi connectivity index (χ1) is 19.3. The van der Waals surface area contributed by atoms with Crippen LogP contribution in [0.2, 0.25) is 5.02 Å². The van der Waals surface area contributed by atoms with E-state index in [0.717, 1.165) is 54.9 Å². The molecule has 0 saturated carbocycles. The summed E-state index contributed by atoms with van der Waals surface area (Å²) in [5.74, 6) is -2.10. The van der Waals surface area contributed by atoms with Crippen molar-refractivity contribution in [3.63, 3.8) is 0 Å². The van der Waals surface area contributed by atoms with Crippen LogP contribution < -0.4 is 4.74 Å². The number of aromatic nitrogens is 2. The summed E-state index contributed by atoms with van der Waals surface area (Å²) in [4.78, 5) is 27.3. The lowest BCUT2D eigenvalue weighted by molar-refractivity contribution is -0.192. The third-order valence-electron chi connectivity index (χ3n) is 6.39.